The summed E-state index contributed by atoms with van der Waals surface area (Å²) in [5, 5.41) is 3.49. The fraction of sp³-hybridized carbons (Fsp3) is 0.478. The van der Waals surface area contributed by atoms with Gasteiger partial charge in [0.05, 0.1) is 31.0 Å². The second kappa shape index (κ2) is 9.45. The Morgan fingerprint density at radius 1 is 1.17 bits per heavy atom. The maximum absolute atomic E-state index is 6.12. The van der Waals surface area contributed by atoms with Crippen molar-refractivity contribution >= 4 is 11.8 Å². The van der Waals surface area contributed by atoms with Gasteiger partial charge in [-0.05, 0) is 17.7 Å². The molecule has 0 aliphatic carbocycles. The van der Waals surface area contributed by atoms with E-state index >= 15 is 0 Å². The number of benzene rings is 1. The summed E-state index contributed by atoms with van der Waals surface area (Å²) < 4.78 is 6.12. The number of nitrogens with zero attached hydrogens (tertiary/aromatic N) is 5. The van der Waals surface area contributed by atoms with Gasteiger partial charge in [0.2, 0.25) is 0 Å². The average Bonchev–Trinajstić information content (AvgIpc) is 3.20. The Labute approximate surface area is 179 Å². The van der Waals surface area contributed by atoms with E-state index in [1.54, 1.807) is 0 Å². The van der Waals surface area contributed by atoms with E-state index in [0.717, 1.165) is 50.3 Å². The normalized spacial score (nSPS) is 22.1. The van der Waals surface area contributed by atoms with Gasteiger partial charge in [-0.1, -0.05) is 36.4 Å². The van der Waals surface area contributed by atoms with Crippen molar-refractivity contribution in [1.29, 1.82) is 0 Å². The number of guanidine groups is 1. The van der Waals surface area contributed by atoms with Gasteiger partial charge in [0.1, 0.15) is 5.82 Å². The van der Waals surface area contributed by atoms with Crippen molar-refractivity contribution in [3.05, 3.63) is 59.8 Å². The fourth-order valence-corrected chi connectivity index (χ4v) is 4.26. The molecule has 3 heterocycles. The van der Waals surface area contributed by atoms with Crippen molar-refractivity contribution in [1.82, 2.24) is 20.1 Å². The third-order valence-electron chi connectivity index (χ3n) is 5.83. The van der Waals surface area contributed by atoms with E-state index in [2.05, 4.69) is 50.4 Å². The summed E-state index contributed by atoms with van der Waals surface area (Å²) in [6.45, 7) is 5.15. The molecule has 1 aromatic carbocycles. The Kier molecular flexibility index (Phi) is 6.50. The van der Waals surface area contributed by atoms with Crippen LogP contribution in [0.25, 0.3) is 0 Å². The molecule has 2 aromatic rings. The molecule has 2 unspecified atom stereocenters. The van der Waals surface area contributed by atoms with Gasteiger partial charge in [0, 0.05) is 47.3 Å². The molecule has 7 heteroatoms. The average molecular weight is 409 g/mol. The van der Waals surface area contributed by atoms with Crippen molar-refractivity contribution < 1.29 is 4.74 Å². The lowest BCUT2D eigenvalue weighted by Gasteiger charge is -2.36. The highest BCUT2D eigenvalue weighted by molar-refractivity contribution is 5.80. The van der Waals surface area contributed by atoms with Crippen LogP contribution in [0.15, 0.2) is 53.5 Å². The van der Waals surface area contributed by atoms with Crippen molar-refractivity contribution in [2.45, 2.75) is 25.2 Å². The van der Waals surface area contributed by atoms with Crippen LogP contribution in [0.2, 0.25) is 0 Å². The Morgan fingerprint density at radius 3 is 2.77 bits per heavy atom. The zero-order valence-corrected chi connectivity index (χ0v) is 18.2. The van der Waals surface area contributed by atoms with Gasteiger partial charge in [-0.3, -0.25) is 9.89 Å². The minimum Gasteiger partial charge on any atom is -0.373 e. The van der Waals surface area contributed by atoms with E-state index in [9.17, 15) is 0 Å². The molecule has 4 rings (SSSR count). The lowest BCUT2D eigenvalue weighted by Crippen LogP contribution is -2.50. The Bertz CT molecular complexity index is 856. The maximum Gasteiger partial charge on any atom is 0.194 e. The minimum absolute atomic E-state index is 0.219. The van der Waals surface area contributed by atoms with Crippen LogP contribution in [0.4, 0.5) is 5.82 Å². The molecule has 7 nitrogen and oxygen atoms in total. The number of anilines is 1. The van der Waals surface area contributed by atoms with Crippen LogP contribution < -0.4 is 10.2 Å². The van der Waals surface area contributed by atoms with Crippen LogP contribution in [0.5, 0.6) is 0 Å². The van der Waals surface area contributed by atoms with Crippen molar-refractivity contribution in [3.8, 4) is 0 Å². The number of rotatable bonds is 5. The van der Waals surface area contributed by atoms with Gasteiger partial charge >= 0.3 is 0 Å². The number of fused-ring (bicyclic) bond motifs is 1. The van der Waals surface area contributed by atoms with E-state index in [1.807, 2.05) is 44.2 Å². The highest BCUT2D eigenvalue weighted by Gasteiger charge is 2.41. The van der Waals surface area contributed by atoms with Crippen LogP contribution in [0, 0.1) is 0 Å². The molecular formula is C23H32N6O. The van der Waals surface area contributed by atoms with Gasteiger partial charge in [0.15, 0.2) is 5.96 Å². The lowest BCUT2D eigenvalue weighted by molar-refractivity contribution is -0.0502. The standard InChI is InChI=1S/C23H32N6O/c1-24-23(25-14-19-10-7-11-22(26-19)27(2)3)29-16-20-21(17-29)30-13-12-28(20)15-18-8-5-4-6-9-18/h4-11,20-21H,12-17H2,1-3H3,(H,24,25). The van der Waals surface area contributed by atoms with Gasteiger partial charge in [0.25, 0.3) is 0 Å². The van der Waals surface area contributed by atoms with Gasteiger partial charge in [-0.2, -0.15) is 0 Å². The van der Waals surface area contributed by atoms with Crippen LogP contribution in [0.1, 0.15) is 11.3 Å². The molecular weight excluding hydrogens is 376 g/mol. The summed E-state index contributed by atoms with van der Waals surface area (Å²) in [4.78, 5) is 16.1. The smallest absolute Gasteiger partial charge is 0.194 e. The summed E-state index contributed by atoms with van der Waals surface area (Å²) in [6.07, 6.45) is 0.219. The van der Waals surface area contributed by atoms with E-state index in [1.165, 1.54) is 5.56 Å². The third-order valence-corrected chi connectivity index (χ3v) is 5.83. The van der Waals surface area contributed by atoms with E-state index in [0.29, 0.717) is 12.6 Å². The van der Waals surface area contributed by atoms with Crippen LogP contribution in [0.3, 0.4) is 0 Å². The van der Waals surface area contributed by atoms with Crippen LogP contribution in [-0.2, 0) is 17.8 Å². The molecule has 2 atom stereocenters. The number of nitrogens with one attached hydrogen (secondary N) is 1. The predicted octanol–water partition coefficient (Wildman–Crippen LogP) is 1.81. The fourth-order valence-electron chi connectivity index (χ4n) is 4.26. The predicted molar refractivity (Wildman–Crippen MR) is 121 cm³/mol. The largest absolute Gasteiger partial charge is 0.373 e. The van der Waals surface area contributed by atoms with E-state index < -0.39 is 0 Å². The van der Waals surface area contributed by atoms with Crippen LogP contribution in [-0.4, -0.2) is 80.3 Å². The van der Waals surface area contributed by atoms with Crippen molar-refractivity contribution in [3.63, 3.8) is 0 Å². The summed E-state index contributed by atoms with van der Waals surface area (Å²) >= 11 is 0. The minimum atomic E-state index is 0.219. The zero-order valence-electron chi connectivity index (χ0n) is 18.2. The monoisotopic (exact) mass is 408 g/mol. The SMILES string of the molecule is CN=C(NCc1cccc(N(C)C)n1)N1CC2OCCN(Cc3ccccc3)C2C1. The Balaban J connectivity index is 1.38. The van der Waals surface area contributed by atoms with E-state index in [4.69, 9.17) is 9.72 Å². The third kappa shape index (κ3) is 4.74. The molecule has 1 N–H and O–H groups in total. The number of pyridine rings is 1. The van der Waals surface area contributed by atoms with Crippen LogP contribution >= 0.6 is 0 Å². The second-order valence-electron chi connectivity index (χ2n) is 8.12. The number of aromatic nitrogens is 1. The first kappa shape index (κ1) is 20.6. The zero-order chi connectivity index (χ0) is 20.9. The molecule has 2 aliphatic rings. The van der Waals surface area contributed by atoms with Gasteiger partial charge in [-0.25, -0.2) is 4.98 Å². The highest BCUT2D eigenvalue weighted by atomic mass is 16.5. The lowest BCUT2D eigenvalue weighted by atomic mass is 10.1. The summed E-state index contributed by atoms with van der Waals surface area (Å²) in [5.74, 6) is 1.87. The molecule has 0 saturated carbocycles. The first-order valence-corrected chi connectivity index (χ1v) is 10.6. The highest BCUT2D eigenvalue weighted by Crippen LogP contribution is 2.24. The Morgan fingerprint density at radius 2 is 2.00 bits per heavy atom. The molecule has 0 bridgehead atoms. The van der Waals surface area contributed by atoms with Gasteiger partial charge < -0.3 is 19.9 Å². The quantitative estimate of drug-likeness (QED) is 0.602. The number of likely N-dealkylation sites (tertiary alicyclic amines) is 1. The molecule has 0 amide bonds. The number of ether oxygens (including phenoxy) is 1. The van der Waals surface area contributed by atoms with Gasteiger partial charge in [-0.15, -0.1) is 0 Å². The second-order valence-corrected chi connectivity index (χ2v) is 8.12. The molecule has 2 saturated heterocycles. The van der Waals surface area contributed by atoms with E-state index in [-0.39, 0.29) is 6.10 Å². The number of hydrogen-bond donors (Lipinski definition) is 1. The molecule has 2 fully saturated rings. The number of aliphatic imine (C=N–C) groups is 1. The first-order valence-electron chi connectivity index (χ1n) is 10.6. The maximum atomic E-state index is 6.12. The molecule has 0 radical (unpaired) electrons. The summed E-state index contributed by atoms with van der Waals surface area (Å²) in [6, 6.07) is 17.2. The Hall–Kier alpha value is -2.64. The first-order chi connectivity index (χ1) is 14.6. The molecule has 30 heavy (non-hydrogen) atoms. The topological polar surface area (TPSA) is 56.2 Å². The molecule has 2 aliphatic heterocycles. The molecule has 0 spiro atoms. The summed E-state index contributed by atoms with van der Waals surface area (Å²) in [5.41, 5.74) is 2.35. The number of hydrogen-bond acceptors (Lipinski definition) is 5. The molecule has 1 aromatic heterocycles. The summed E-state index contributed by atoms with van der Waals surface area (Å²) in [7, 11) is 5.86. The van der Waals surface area contributed by atoms with Crippen molar-refractivity contribution in [2.24, 2.45) is 4.99 Å². The van der Waals surface area contributed by atoms with Crippen molar-refractivity contribution in [2.75, 3.05) is 52.3 Å². The number of morpholine rings is 1. The molecule has 160 valence electrons.